The zero-order valence-corrected chi connectivity index (χ0v) is 16.4. The lowest BCUT2D eigenvalue weighted by Gasteiger charge is -2.13. The van der Waals surface area contributed by atoms with Crippen molar-refractivity contribution in [3.05, 3.63) is 75.4 Å². The Balaban J connectivity index is 1.72. The van der Waals surface area contributed by atoms with Gasteiger partial charge in [-0.1, -0.05) is 23.9 Å². The van der Waals surface area contributed by atoms with Crippen LogP contribution in [0.3, 0.4) is 0 Å². The van der Waals surface area contributed by atoms with Crippen LogP contribution >= 0.6 is 11.8 Å². The number of nitrogens with zero attached hydrogens (tertiary/aromatic N) is 3. The third-order valence-electron chi connectivity index (χ3n) is 4.86. The lowest BCUT2D eigenvalue weighted by molar-refractivity contribution is -0.670. The van der Waals surface area contributed by atoms with Crippen LogP contribution in [0.1, 0.15) is 12.0 Å². The minimum Gasteiger partial charge on any atom is -0.481 e. The van der Waals surface area contributed by atoms with Crippen LogP contribution in [0.5, 0.6) is 0 Å². The fourth-order valence-corrected chi connectivity index (χ4v) is 4.52. The number of thioether (sulfide) groups is 1. The van der Waals surface area contributed by atoms with Crippen molar-refractivity contribution in [1.29, 1.82) is 0 Å². The number of non-ortho nitro benzene ring substituents is 1. The molecule has 0 saturated heterocycles. The summed E-state index contributed by atoms with van der Waals surface area (Å²) in [5.41, 5.74) is 2.98. The predicted molar refractivity (Wildman–Crippen MR) is 112 cm³/mol. The number of carbonyl (C=O) groups is 1. The molecule has 0 unspecified atom stereocenters. The first-order chi connectivity index (χ1) is 13.9. The van der Waals surface area contributed by atoms with Crippen LogP contribution in [-0.2, 0) is 11.3 Å². The number of nitro groups is 1. The highest BCUT2D eigenvalue weighted by Crippen LogP contribution is 2.47. The molecule has 2 aromatic carbocycles. The minimum atomic E-state index is -0.830. The summed E-state index contributed by atoms with van der Waals surface area (Å²) in [6.45, 7) is 0.399. The predicted octanol–water partition coefficient (Wildman–Crippen LogP) is 4.05. The van der Waals surface area contributed by atoms with Crippen molar-refractivity contribution in [2.75, 3.05) is 11.9 Å². The van der Waals surface area contributed by atoms with Crippen LogP contribution in [0, 0.1) is 10.1 Å². The van der Waals surface area contributed by atoms with Crippen molar-refractivity contribution in [1.82, 2.24) is 0 Å². The minimum absolute atomic E-state index is 0.0573. The first-order valence-corrected chi connectivity index (χ1v) is 9.80. The van der Waals surface area contributed by atoms with E-state index in [2.05, 4.69) is 6.08 Å². The number of aliphatic carboxylic acids is 1. The molecule has 29 heavy (non-hydrogen) atoms. The zero-order chi connectivity index (χ0) is 20.5. The van der Waals surface area contributed by atoms with Crippen molar-refractivity contribution < 1.29 is 19.4 Å². The average molecular weight is 408 g/mol. The first kappa shape index (κ1) is 18.9. The second-order valence-corrected chi connectivity index (χ2v) is 7.74. The molecule has 0 amide bonds. The molecule has 0 spiro atoms. The Morgan fingerprint density at radius 2 is 2.07 bits per heavy atom. The molecule has 1 N–H and O–H groups in total. The lowest BCUT2D eigenvalue weighted by atomic mass is 10.1. The summed E-state index contributed by atoms with van der Waals surface area (Å²) >= 11 is 1.50. The number of rotatable bonds is 5. The first-order valence-electron chi connectivity index (χ1n) is 8.99. The largest absolute Gasteiger partial charge is 0.481 e. The molecule has 7 nitrogen and oxygen atoms in total. The van der Waals surface area contributed by atoms with Gasteiger partial charge in [0.15, 0.2) is 12.7 Å². The zero-order valence-electron chi connectivity index (χ0n) is 15.6. The van der Waals surface area contributed by atoms with E-state index in [9.17, 15) is 14.9 Å². The third-order valence-corrected chi connectivity index (χ3v) is 6.01. The molecule has 0 bridgehead atoms. The summed E-state index contributed by atoms with van der Waals surface area (Å²) in [5, 5.41) is 22.0. The van der Waals surface area contributed by atoms with Crippen LogP contribution in [-0.4, -0.2) is 23.0 Å². The number of hydrogen-bond acceptors (Lipinski definition) is 5. The lowest BCUT2D eigenvalue weighted by Crippen LogP contribution is -2.35. The highest BCUT2D eigenvalue weighted by Gasteiger charge is 2.25. The van der Waals surface area contributed by atoms with Gasteiger partial charge >= 0.3 is 5.97 Å². The van der Waals surface area contributed by atoms with E-state index < -0.39 is 5.97 Å². The molecular formula is C21H18N3O4S+. The van der Waals surface area contributed by atoms with Crippen molar-refractivity contribution >= 4 is 46.1 Å². The summed E-state index contributed by atoms with van der Waals surface area (Å²) < 4.78 is 1.94. The maximum absolute atomic E-state index is 11.1. The fourth-order valence-electron chi connectivity index (χ4n) is 3.38. The number of anilines is 1. The van der Waals surface area contributed by atoms with Gasteiger partial charge in [-0.3, -0.25) is 14.9 Å². The fraction of sp³-hybridized carbons (Fsp3) is 0.143. The third kappa shape index (κ3) is 3.66. The molecule has 0 atom stereocenters. The van der Waals surface area contributed by atoms with E-state index in [1.54, 1.807) is 12.1 Å². The number of fused-ring (bicyclic) bond motifs is 2. The van der Waals surface area contributed by atoms with Gasteiger partial charge in [-0.25, -0.2) is 0 Å². The standard InChI is InChI=1S/C21H17N3O4S/c1-22-18-7-6-15(24(27)28)13-19(18)29-20(22)12-14-8-10-23(11-9-21(25)26)17-5-3-2-4-16(14)17/h2-8,10,12-13H,9,11H2,1H3/p+1. The van der Waals surface area contributed by atoms with E-state index in [0.29, 0.717) is 6.54 Å². The van der Waals surface area contributed by atoms with Crippen LogP contribution in [0.2, 0.25) is 0 Å². The number of pyridine rings is 1. The highest BCUT2D eigenvalue weighted by molar-refractivity contribution is 8.03. The smallest absolute Gasteiger partial charge is 0.309 e. The van der Waals surface area contributed by atoms with Gasteiger partial charge in [0.05, 0.1) is 21.0 Å². The number of nitro benzene ring substituents is 1. The van der Waals surface area contributed by atoms with Gasteiger partial charge in [0.1, 0.15) is 6.42 Å². The van der Waals surface area contributed by atoms with Gasteiger partial charge in [-0.15, -0.1) is 0 Å². The van der Waals surface area contributed by atoms with Crippen molar-refractivity contribution in [2.24, 2.45) is 0 Å². The summed E-state index contributed by atoms with van der Waals surface area (Å²) in [6, 6.07) is 14.7. The van der Waals surface area contributed by atoms with Crippen molar-refractivity contribution in [3.8, 4) is 0 Å². The van der Waals surface area contributed by atoms with Gasteiger partial charge in [-0.05, 0) is 23.8 Å². The van der Waals surface area contributed by atoms with E-state index in [-0.39, 0.29) is 17.0 Å². The molecule has 1 aromatic heterocycles. The van der Waals surface area contributed by atoms with Crippen LogP contribution in [0.4, 0.5) is 11.4 Å². The van der Waals surface area contributed by atoms with Crippen LogP contribution < -0.4 is 9.47 Å². The number of carboxylic acid groups (broad SMARTS) is 1. The molecule has 0 saturated carbocycles. The quantitative estimate of drug-likeness (QED) is 0.389. The average Bonchev–Trinajstić information content (AvgIpc) is 3.02. The molecule has 4 rings (SSSR count). The second-order valence-electron chi connectivity index (χ2n) is 6.68. The van der Waals surface area contributed by atoms with Gasteiger partial charge in [0, 0.05) is 36.2 Å². The molecule has 8 heteroatoms. The maximum Gasteiger partial charge on any atom is 0.309 e. The summed E-state index contributed by atoms with van der Waals surface area (Å²) in [4.78, 5) is 24.5. The number of hydrogen-bond donors (Lipinski definition) is 1. The van der Waals surface area contributed by atoms with Crippen LogP contribution in [0.15, 0.2) is 64.7 Å². The summed E-state index contributed by atoms with van der Waals surface area (Å²) in [6.07, 6.45) is 4.01. The van der Waals surface area contributed by atoms with Gasteiger partial charge in [0.2, 0.25) is 5.52 Å². The molecular weight excluding hydrogens is 390 g/mol. The van der Waals surface area contributed by atoms with E-state index >= 15 is 0 Å². The molecule has 0 fully saturated rings. The van der Waals surface area contributed by atoms with E-state index in [0.717, 1.165) is 32.1 Å². The molecule has 1 aliphatic rings. The molecule has 146 valence electrons. The molecule has 2 heterocycles. The van der Waals surface area contributed by atoms with Crippen LogP contribution in [0.25, 0.3) is 17.0 Å². The number of carboxylic acids is 1. The molecule has 0 aliphatic carbocycles. The Labute approximate surface area is 171 Å². The Hall–Kier alpha value is -3.39. The van der Waals surface area contributed by atoms with Gasteiger partial charge in [-0.2, -0.15) is 4.57 Å². The number of aryl methyl sites for hydroxylation is 1. The molecule has 0 radical (unpaired) electrons. The topological polar surface area (TPSA) is 87.6 Å². The Morgan fingerprint density at radius 1 is 1.28 bits per heavy atom. The maximum atomic E-state index is 11.1. The Kier molecular flexibility index (Phi) is 4.94. The van der Waals surface area contributed by atoms with Gasteiger partial charge < -0.3 is 10.0 Å². The van der Waals surface area contributed by atoms with Crippen molar-refractivity contribution in [3.63, 3.8) is 0 Å². The number of para-hydroxylation sites is 1. The highest BCUT2D eigenvalue weighted by atomic mass is 32.2. The second kappa shape index (κ2) is 7.56. The number of benzene rings is 2. The van der Waals surface area contributed by atoms with Gasteiger partial charge in [0.25, 0.3) is 5.69 Å². The monoisotopic (exact) mass is 408 g/mol. The molecule has 3 aromatic rings. The summed E-state index contributed by atoms with van der Waals surface area (Å²) in [5.74, 6) is -0.830. The summed E-state index contributed by atoms with van der Waals surface area (Å²) in [7, 11) is 1.94. The van der Waals surface area contributed by atoms with E-state index in [1.165, 1.54) is 17.8 Å². The SMILES string of the molecule is CN1C(=Cc2cc[n+](CCC(=O)O)c3ccccc23)Sc2cc([N+](=O)[O-])ccc21. The van der Waals surface area contributed by atoms with Crippen molar-refractivity contribution in [2.45, 2.75) is 17.9 Å². The Bertz CT molecular complexity index is 1180. The molecule has 1 aliphatic heterocycles. The Morgan fingerprint density at radius 3 is 2.83 bits per heavy atom. The van der Waals surface area contributed by atoms with E-state index in [1.807, 2.05) is 53.0 Å². The normalized spacial score (nSPS) is 14.4. The van der Waals surface area contributed by atoms with E-state index in [4.69, 9.17) is 5.11 Å². The number of aromatic nitrogens is 1.